The number of ketones is 2. The van der Waals surface area contributed by atoms with E-state index in [1.807, 2.05) is 0 Å². The molecule has 16 heteroatoms. The van der Waals surface area contributed by atoms with Gasteiger partial charge in [0.15, 0.2) is 11.6 Å². The second-order valence-corrected chi connectivity index (χ2v) is 8.42. The number of alkyl halides is 6. The number of halogens is 8. The summed E-state index contributed by atoms with van der Waals surface area (Å²) in [5, 5.41) is 24.6. The average Bonchev–Trinajstić information content (AvgIpc) is 3.40. The van der Waals surface area contributed by atoms with Crippen molar-refractivity contribution in [1.82, 2.24) is 0 Å². The summed E-state index contributed by atoms with van der Waals surface area (Å²) in [5.41, 5.74) is -0.475. The summed E-state index contributed by atoms with van der Waals surface area (Å²) >= 11 is 0. The first-order chi connectivity index (χ1) is 19.8. The van der Waals surface area contributed by atoms with Gasteiger partial charge in [0.25, 0.3) is 0 Å². The van der Waals surface area contributed by atoms with Gasteiger partial charge in [0.05, 0.1) is 22.5 Å². The second-order valence-electron chi connectivity index (χ2n) is 8.42. The first-order valence-corrected chi connectivity index (χ1v) is 11.7. The van der Waals surface area contributed by atoms with E-state index in [2.05, 4.69) is 22.2 Å². The summed E-state index contributed by atoms with van der Waals surface area (Å²) in [6.45, 7) is 6.62. The van der Waals surface area contributed by atoms with Gasteiger partial charge >= 0.3 is 12.4 Å². The lowest BCUT2D eigenvalue weighted by Gasteiger charge is -2.21. The fourth-order valence-electron chi connectivity index (χ4n) is 2.87. The molecule has 43 heavy (non-hydrogen) atoms. The van der Waals surface area contributed by atoms with E-state index in [-0.39, 0.29) is 28.3 Å². The highest BCUT2D eigenvalue weighted by Gasteiger charge is 2.44. The molecule has 1 aliphatic heterocycles. The Morgan fingerprint density at radius 3 is 1.95 bits per heavy atom. The molecule has 0 saturated carbocycles. The van der Waals surface area contributed by atoms with Crippen molar-refractivity contribution in [1.29, 1.82) is 10.5 Å². The van der Waals surface area contributed by atoms with Gasteiger partial charge in [-0.1, -0.05) is 6.58 Å². The fraction of sp³-hybridized carbons (Fsp3) is 0.259. The molecule has 1 unspecified atom stereocenters. The van der Waals surface area contributed by atoms with Crippen LogP contribution in [-0.2, 0) is 9.59 Å². The number of hydrogen-bond acceptors (Lipinski definition) is 8. The SMILES string of the molecule is C/C(=N\Nc1ccc(F)c(C#N)c1)C(F)(F)F.C=CC(C)=O.CC(=O)C1CC(C(F)(F)F)=NN1c1ccc(F)c(C#N)c1. The van der Waals surface area contributed by atoms with Gasteiger partial charge < -0.3 is 0 Å². The van der Waals surface area contributed by atoms with Crippen molar-refractivity contribution in [2.75, 3.05) is 10.4 Å². The third-order valence-electron chi connectivity index (χ3n) is 5.18. The minimum absolute atomic E-state index is 0.0185. The summed E-state index contributed by atoms with van der Waals surface area (Å²) in [7, 11) is 0. The van der Waals surface area contributed by atoms with Crippen LogP contribution in [0.2, 0.25) is 0 Å². The Morgan fingerprint density at radius 1 is 1.00 bits per heavy atom. The van der Waals surface area contributed by atoms with Gasteiger partial charge in [-0.3, -0.25) is 20.0 Å². The van der Waals surface area contributed by atoms with Crippen LogP contribution in [0.15, 0.2) is 59.3 Å². The van der Waals surface area contributed by atoms with Crippen molar-refractivity contribution in [3.63, 3.8) is 0 Å². The quantitative estimate of drug-likeness (QED) is 0.176. The summed E-state index contributed by atoms with van der Waals surface area (Å²) in [4.78, 5) is 21.2. The maximum Gasteiger partial charge on any atom is 0.431 e. The molecule has 3 rings (SSSR count). The smallest absolute Gasteiger partial charge is 0.298 e. The Morgan fingerprint density at radius 2 is 1.51 bits per heavy atom. The maximum absolute atomic E-state index is 13.3. The monoisotopic (exact) mass is 614 g/mol. The lowest BCUT2D eigenvalue weighted by atomic mass is 10.1. The molecule has 0 bridgehead atoms. The molecule has 0 fully saturated rings. The molecule has 1 heterocycles. The normalized spacial score (nSPS) is 14.5. The van der Waals surface area contributed by atoms with Crippen molar-refractivity contribution >= 4 is 34.4 Å². The zero-order valence-corrected chi connectivity index (χ0v) is 22.6. The number of nitrogens with zero attached hydrogens (tertiary/aromatic N) is 5. The highest BCUT2D eigenvalue weighted by atomic mass is 19.4. The molecule has 1 N–H and O–H groups in total. The third kappa shape index (κ3) is 11.0. The molecule has 228 valence electrons. The first kappa shape index (κ1) is 35.9. The van der Waals surface area contributed by atoms with E-state index in [9.17, 15) is 44.7 Å². The molecule has 0 aliphatic carbocycles. The fourth-order valence-corrected chi connectivity index (χ4v) is 2.87. The zero-order chi connectivity index (χ0) is 33.1. The van der Waals surface area contributed by atoms with Gasteiger partial charge in [0.2, 0.25) is 0 Å². The van der Waals surface area contributed by atoms with E-state index >= 15 is 0 Å². The third-order valence-corrected chi connectivity index (χ3v) is 5.18. The highest BCUT2D eigenvalue weighted by molar-refractivity contribution is 6.00. The van der Waals surface area contributed by atoms with E-state index in [0.717, 1.165) is 43.1 Å². The van der Waals surface area contributed by atoms with Gasteiger partial charge in [-0.2, -0.15) is 47.1 Å². The largest absolute Gasteiger partial charge is 0.431 e. The van der Waals surface area contributed by atoms with Crippen molar-refractivity contribution in [3.05, 3.63) is 71.8 Å². The number of carbonyl (C=O) groups excluding carboxylic acids is 2. The van der Waals surface area contributed by atoms with Crippen LogP contribution in [0.1, 0.15) is 38.3 Å². The van der Waals surface area contributed by atoms with E-state index in [4.69, 9.17) is 10.5 Å². The van der Waals surface area contributed by atoms with Crippen LogP contribution in [0.3, 0.4) is 0 Å². The topological polar surface area (TPSA) is 122 Å². The molecule has 0 spiro atoms. The lowest BCUT2D eigenvalue weighted by molar-refractivity contribution is -0.118. The Labute approximate surface area is 240 Å². The summed E-state index contributed by atoms with van der Waals surface area (Å²) in [5.74, 6) is -2.01. The molecule has 0 radical (unpaired) electrons. The Hall–Kier alpha value is -5.12. The Bertz CT molecular complexity index is 1500. The summed E-state index contributed by atoms with van der Waals surface area (Å²) in [6.07, 6.45) is -8.45. The zero-order valence-electron chi connectivity index (χ0n) is 22.6. The Balaban J connectivity index is 0.000000378. The number of hydrogen-bond donors (Lipinski definition) is 1. The molecule has 2 aromatic carbocycles. The van der Waals surface area contributed by atoms with Gasteiger partial charge in [0.1, 0.15) is 41.2 Å². The van der Waals surface area contributed by atoms with Crippen LogP contribution in [0.4, 0.5) is 46.5 Å². The number of carbonyl (C=O) groups is 2. The van der Waals surface area contributed by atoms with E-state index in [1.165, 1.54) is 25.1 Å². The predicted octanol–water partition coefficient (Wildman–Crippen LogP) is 6.59. The maximum atomic E-state index is 13.3. The number of allylic oxidation sites excluding steroid dienone is 1. The van der Waals surface area contributed by atoms with E-state index in [0.29, 0.717) is 0 Å². The molecule has 1 atom stereocenters. The van der Waals surface area contributed by atoms with Crippen LogP contribution in [0, 0.1) is 34.3 Å². The summed E-state index contributed by atoms with van der Waals surface area (Å²) in [6, 6.07) is 8.46. The van der Waals surface area contributed by atoms with Crippen LogP contribution in [0.5, 0.6) is 0 Å². The van der Waals surface area contributed by atoms with Crippen molar-refractivity contribution < 1.29 is 44.7 Å². The van der Waals surface area contributed by atoms with Crippen molar-refractivity contribution in [2.24, 2.45) is 10.2 Å². The van der Waals surface area contributed by atoms with Crippen molar-refractivity contribution in [2.45, 2.75) is 45.6 Å². The highest BCUT2D eigenvalue weighted by Crippen LogP contribution is 2.32. The number of nitrogens with one attached hydrogen (secondary N) is 1. The number of Topliss-reactive ketones (excluding diaryl/α,β-unsaturated/α-hetero) is 1. The molecular weight excluding hydrogens is 592 g/mol. The standard InChI is InChI=1S/C13H9F4N3O.C10H7F4N3.C4H6O/c1-7(21)11-5-12(13(15,16)17)19-20(11)9-2-3-10(14)8(4-9)6-18;1-6(10(12,13)14)16-17-8-2-3-9(11)7(4-8)5-15;1-3-4(2)5/h2-4,11H,5H2,1H3;2-4,17H,1H3;3H,1H2,2H3/b;16-6+;. The van der Waals surface area contributed by atoms with Gasteiger partial charge in [0, 0.05) is 6.42 Å². The number of nitriles is 2. The van der Waals surface area contributed by atoms with E-state index < -0.39 is 53.7 Å². The molecule has 2 aromatic rings. The predicted molar refractivity (Wildman–Crippen MR) is 141 cm³/mol. The van der Waals surface area contributed by atoms with Crippen LogP contribution in [0.25, 0.3) is 0 Å². The van der Waals surface area contributed by atoms with Gasteiger partial charge in [-0.25, -0.2) is 8.78 Å². The number of benzene rings is 2. The summed E-state index contributed by atoms with van der Waals surface area (Å²) < 4.78 is 101. The molecule has 0 saturated heterocycles. The minimum atomic E-state index is -4.64. The van der Waals surface area contributed by atoms with Crippen molar-refractivity contribution in [3.8, 4) is 12.1 Å². The lowest BCUT2D eigenvalue weighted by Crippen LogP contribution is -2.33. The average molecular weight is 614 g/mol. The van der Waals surface area contributed by atoms with Gasteiger partial charge in [-0.05, 0) is 63.2 Å². The number of rotatable bonds is 5. The van der Waals surface area contributed by atoms with E-state index in [1.54, 1.807) is 12.1 Å². The number of hydrazone groups is 2. The first-order valence-electron chi connectivity index (χ1n) is 11.7. The van der Waals surface area contributed by atoms with Crippen LogP contribution in [-0.4, -0.2) is 41.4 Å². The Kier molecular flexibility index (Phi) is 12.7. The van der Waals surface area contributed by atoms with Crippen LogP contribution >= 0.6 is 0 Å². The molecular formula is C27H22F8N6O2. The number of anilines is 2. The molecule has 0 aromatic heterocycles. The second kappa shape index (κ2) is 15.2. The van der Waals surface area contributed by atoms with Crippen LogP contribution < -0.4 is 10.4 Å². The molecule has 8 nitrogen and oxygen atoms in total. The van der Waals surface area contributed by atoms with Gasteiger partial charge in [-0.15, -0.1) is 0 Å². The molecule has 0 amide bonds. The molecule has 1 aliphatic rings. The minimum Gasteiger partial charge on any atom is -0.298 e.